The Hall–Kier alpha value is -1.82. The lowest BCUT2D eigenvalue weighted by molar-refractivity contribution is 0.0696. The Morgan fingerprint density at radius 2 is 2.33 bits per heavy atom. The largest absolute Gasteiger partial charge is 0.478 e. The van der Waals surface area contributed by atoms with Crippen molar-refractivity contribution in [1.82, 2.24) is 4.98 Å². The summed E-state index contributed by atoms with van der Waals surface area (Å²) in [5.41, 5.74) is 1.89. The van der Waals surface area contributed by atoms with Gasteiger partial charge in [-0.15, -0.1) is 0 Å². The average molecular weight is 311 g/mol. The van der Waals surface area contributed by atoms with E-state index >= 15 is 0 Å². The smallest absolute Gasteiger partial charge is 0.338 e. The Labute approximate surface area is 112 Å². The number of furan rings is 1. The van der Waals surface area contributed by atoms with Gasteiger partial charge in [-0.2, -0.15) is 0 Å². The lowest BCUT2D eigenvalue weighted by Crippen LogP contribution is -2.01. The van der Waals surface area contributed by atoms with E-state index in [9.17, 15) is 4.79 Å². The summed E-state index contributed by atoms with van der Waals surface area (Å²) in [6.45, 7) is 2.30. The van der Waals surface area contributed by atoms with Gasteiger partial charge >= 0.3 is 5.97 Å². The van der Waals surface area contributed by atoms with Gasteiger partial charge in [-0.25, -0.2) is 9.78 Å². The molecule has 5 nitrogen and oxygen atoms in total. The van der Waals surface area contributed by atoms with Gasteiger partial charge in [-0.05, 0) is 41.1 Å². The third kappa shape index (κ3) is 2.89. The number of aromatic nitrogens is 1. The topological polar surface area (TPSA) is 75.4 Å². The number of carboxylic acids is 1. The molecule has 18 heavy (non-hydrogen) atoms. The highest BCUT2D eigenvalue weighted by atomic mass is 79.9. The number of pyridine rings is 1. The Bertz CT molecular complexity index is 580. The molecule has 0 aliphatic heterocycles. The van der Waals surface area contributed by atoms with E-state index in [1.165, 1.54) is 12.3 Å². The standard InChI is InChI=1S/C12H11BrN2O3/c1-7-10(2-3-11(13)15-7)14-5-9-4-8(6-18-9)12(16)17/h2-4,6,14H,5H2,1H3,(H,16,17). The predicted octanol–water partition coefficient (Wildman–Crippen LogP) is 3.06. The van der Waals surface area contributed by atoms with Gasteiger partial charge in [0.1, 0.15) is 16.6 Å². The van der Waals surface area contributed by atoms with Crippen LogP contribution in [0.15, 0.2) is 33.5 Å². The van der Waals surface area contributed by atoms with E-state index in [1.807, 2.05) is 19.1 Å². The zero-order valence-corrected chi connectivity index (χ0v) is 11.2. The minimum absolute atomic E-state index is 0.150. The first-order chi connectivity index (χ1) is 8.56. The van der Waals surface area contributed by atoms with Crippen LogP contribution in [0.5, 0.6) is 0 Å². The Balaban J connectivity index is 2.04. The van der Waals surface area contributed by atoms with Crippen molar-refractivity contribution in [1.29, 1.82) is 0 Å². The highest BCUT2D eigenvalue weighted by Crippen LogP contribution is 2.17. The second-order valence-electron chi connectivity index (χ2n) is 3.73. The molecule has 94 valence electrons. The number of anilines is 1. The molecular formula is C12H11BrN2O3. The van der Waals surface area contributed by atoms with Gasteiger partial charge in [0, 0.05) is 0 Å². The average Bonchev–Trinajstić information content (AvgIpc) is 2.76. The molecule has 0 saturated carbocycles. The first-order valence-electron chi connectivity index (χ1n) is 5.24. The van der Waals surface area contributed by atoms with Crippen molar-refractivity contribution in [2.45, 2.75) is 13.5 Å². The number of rotatable bonds is 4. The number of aryl methyl sites for hydroxylation is 1. The number of hydrogen-bond acceptors (Lipinski definition) is 4. The van der Waals surface area contributed by atoms with Crippen LogP contribution in [0.4, 0.5) is 5.69 Å². The van der Waals surface area contributed by atoms with Gasteiger partial charge < -0.3 is 14.8 Å². The fraction of sp³-hybridized carbons (Fsp3) is 0.167. The molecule has 0 unspecified atom stereocenters. The number of carbonyl (C=O) groups is 1. The van der Waals surface area contributed by atoms with Gasteiger partial charge in [-0.3, -0.25) is 0 Å². The van der Waals surface area contributed by atoms with Crippen molar-refractivity contribution in [2.24, 2.45) is 0 Å². The van der Waals surface area contributed by atoms with Crippen LogP contribution in [0.25, 0.3) is 0 Å². The first-order valence-corrected chi connectivity index (χ1v) is 6.03. The fourth-order valence-corrected chi connectivity index (χ4v) is 1.88. The molecule has 0 atom stereocenters. The zero-order valence-electron chi connectivity index (χ0n) is 9.61. The van der Waals surface area contributed by atoms with Gasteiger partial charge in [0.2, 0.25) is 0 Å². The summed E-state index contributed by atoms with van der Waals surface area (Å²) in [6.07, 6.45) is 1.23. The SMILES string of the molecule is Cc1nc(Br)ccc1NCc1cc(C(=O)O)co1. The number of hydrogen-bond donors (Lipinski definition) is 2. The number of nitrogens with one attached hydrogen (secondary N) is 1. The van der Waals surface area contributed by atoms with E-state index in [4.69, 9.17) is 9.52 Å². The van der Waals surface area contributed by atoms with Gasteiger partial charge in [0.05, 0.1) is 23.5 Å². The van der Waals surface area contributed by atoms with Crippen molar-refractivity contribution in [2.75, 3.05) is 5.32 Å². The normalized spacial score (nSPS) is 10.3. The van der Waals surface area contributed by atoms with Crippen LogP contribution >= 0.6 is 15.9 Å². The van der Waals surface area contributed by atoms with Crippen LogP contribution in [0.3, 0.4) is 0 Å². The molecule has 0 amide bonds. The third-order valence-corrected chi connectivity index (χ3v) is 2.85. The van der Waals surface area contributed by atoms with E-state index < -0.39 is 5.97 Å². The molecule has 2 N–H and O–H groups in total. The Morgan fingerprint density at radius 3 is 2.94 bits per heavy atom. The van der Waals surface area contributed by atoms with Crippen molar-refractivity contribution in [3.63, 3.8) is 0 Å². The highest BCUT2D eigenvalue weighted by Gasteiger charge is 2.08. The second-order valence-corrected chi connectivity index (χ2v) is 4.54. The molecule has 0 fully saturated rings. The van der Waals surface area contributed by atoms with Crippen LogP contribution < -0.4 is 5.32 Å². The molecule has 6 heteroatoms. The van der Waals surface area contributed by atoms with Gasteiger partial charge in [0.15, 0.2) is 0 Å². The molecule has 0 saturated heterocycles. The van der Waals surface area contributed by atoms with Crippen LogP contribution in [0, 0.1) is 6.92 Å². The summed E-state index contributed by atoms with van der Waals surface area (Å²) in [6, 6.07) is 5.23. The van der Waals surface area contributed by atoms with Crippen molar-refractivity contribution in [3.05, 3.63) is 46.1 Å². The van der Waals surface area contributed by atoms with E-state index in [-0.39, 0.29) is 5.56 Å². The van der Waals surface area contributed by atoms with E-state index in [2.05, 4.69) is 26.2 Å². The first kappa shape index (κ1) is 12.6. The molecule has 2 heterocycles. The number of halogens is 1. The lowest BCUT2D eigenvalue weighted by atomic mass is 10.3. The van der Waals surface area contributed by atoms with Crippen molar-refractivity contribution < 1.29 is 14.3 Å². The summed E-state index contributed by atoms with van der Waals surface area (Å²) < 4.78 is 5.91. The van der Waals surface area contributed by atoms with E-state index in [0.717, 1.165) is 16.0 Å². The third-order valence-electron chi connectivity index (χ3n) is 2.41. The van der Waals surface area contributed by atoms with E-state index in [1.54, 1.807) is 0 Å². The zero-order chi connectivity index (χ0) is 13.1. The molecular weight excluding hydrogens is 300 g/mol. The second kappa shape index (κ2) is 5.22. The minimum Gasteiger partial charge on any atom is -0.478 e. The maximum absolute atomic E-state index is 10.7. The summed E-state index contributed by atoms with van der Waals surface area (Å²) in [7, 11) is 0. The lowest BCUT2D eigenvalue weighted by Gasteiger charge is -2.07. The molecule has 2 rings (SSSR count). The van der Waals surface area contributed by atoms with Crippen molar-refractivity contribution >= 4 is 27.6 Å². The summed E-state index contributed by atoms with van der Waals surface area (Å²) in [4.78, 5) is 14.9. The summed E-state index contributed by atoms with van der Waals surface area (Å²) in [5, 5.41) is 11.9. The molecule has 0 spiro atoms. The predicted molar refractivity (Wildman–Crippen MR) is 69.7 cm³/mol. The maximum Gasteiger partial charge on any atom is 0.338 e. The quantitative estimate of drug-likeness (QED) is 0.849. The van der Waals surface area contributed by atoms with Gasteiger partial charge in [0.25, 0.3) is 0 Å². The number of aromatic carboxylic acids is 1. The van der Waals surface area contributed by atoms with Gasteiger partial charge in [-0.1, -0.05) is 0 Å². The van der Waals surface area contributed by atoms with Crippen LogP contribution in [-0.2, 0) is 6.54 Å². The summed E-state index contributed by atoms with van der Waals surface area (Å²) >= 11 is 3.29. The monoisotopic (exact) mass is 310 g/mol. The molecule has 0 aromatic carbocycles. The van der Waals surface area contributed by atoms with Crippen molar-refractivity contribution in [3.8, 4) is 0 Å². The van der Waals surface area contributed by atoms with Crippen LogP contribution in [0.2, 0.25) is 0 Å². The molecule has 0 aliphatic carbocycles. The molecule has 0 radical (unpaired) electrons. The minimum atomic E-state index is -0.994. The van der Waals surface area contributed by atoms with Crippen LogP contribution in [0.1, 0.15) is 21.8 Å². The number of carboxylic acid groups (broad SMARTS) is 1. The van der Waals surface area contributed by atoms with E-state index in [0.29, 0.717) is 12.3 Å². The highest BCUT2D eigenvalue weighted by molar-refractivity contribution is 9.10. The Morgan fingerprint density at radius 1 is 1.56 bits per heavy atom. The summed E-state index contributed by atoms with van der Waals surface area (Å²) in [5.74, 6) is -0.429. The van der Waals surface area contributed by atoms with Crippen LogP contribution in [-0.4, -0.2) is 16.1 Å². The Kier molecular flexibility index (Phi) is 3.66. The number of nitrogens with zero attached hydrogens (tertiary/aromatic N) is 1. The molecule has 0 bridgehead atoms. The molecule has 2 aromatic rings. The fourth-order valence-electron chi connectivity index (χ4n) is 1.49. The molecule has 2 aromatic heterocycles. The molecule has 0 aliphatic rings. The maximum atomic E-state index is 10.7.